The Bertz CT molecular complexity index is 579. The van der Waals surface area contributed by atoms with Crippen molar-refractivity contribution < 1.29 is 8.42 Å². The number of benzene rings is 2. The second-order valence-corrected chi connectivity index (χ2v) is 5.76. The van der Waals surface area contributed by atoms with Gasteiger partial charge in [0.05, 0.1) is 4.90 Å². The molecule has 0 radical (unpaired) electrons. The van der Waals surface area contributed by atoms with Gasteiger partial charge in [-0.1, -0.05) is 48.5 Å². The zero-order valence-electron chi connectivity index (χ0n) is 9.15. The van der Waals surface area contributed by atoms with Gasteiger partial charge in [-0.15, -0.1) is 0 Å². The van der Waals surface area contributed by atoms with Crippen molar-refractivity contribution in [3.63, 3.8) is 0 Å². The normalized spacial score (nSPS) is 13.2. The van der Waals surface area contributed by atoms with Gasteiger partial charge in [0.2, 0.25) is 0 Å². The van der Waals surface area contributed by atoms with Crippen molar-refractivity contribution >= 4 is 9.84 Å². The predicted octanol–water partition coefficient (Wildman–Crippen LogP) is 2.12. The van der Waals surface area contributed by atoms with E-state index in [1.165, 1.54) is 0 Å². The zero-order valence-corrected chi connectivity index (χ0v) is 9.97. The Balaban J connectivity index is 2.41. The van der Waals surface area contributed by atoms with E-state index < -0.39 is 15.2 Å². The van der Waals surface area contributed by atoms with Crippen LogP contribution in [0, 0.1) is 0 Å². The molecule has 0 aliphatic rings. The maximum atomic E-state index is 12.2. The molecule has 2 aromatic carbocycles. The fourth-order valence-corrected chi connectivity index (χ4v) is 2.92. The van der Waals surface area contributed by atoms with E-state index in [0.29, 0.717) is 5.56 Å². The number of hydrogen-bond donors (Lipinski definition) is 1. The van der Waals surface area contributed by atoms with Crippen LogP contribution in [0.2, 0.25) is 0 Å². The first-order valence-electron chi connectivity index (χ1n) is 5.22. The average Bonchev–Trinajstić information content (AvgIpc) is 2.40. The molecular formula is C13H13NO2S. The predicted molar refractivity (Wildman–Crippen MR) is 67.0 cm³/mol. The van der Waals surface area contributed by atoms with Crippen molar-refractivity contribution in [2.24, 2.45) is 5.73 Å². The zero-order chi connectivity index (χ0) is 12.3. The van der Waals surface area contributed by atoms with E-state index in [9.17, 15) is 8.42 Å². The Morgan fingerprint density at radius 1 is 0.824 bits per heavy atom. The average molecular weight is 247 g/mol. The van der Waals surface area contributed by atoms with Crippen molar-refractivity contribution in [1.82, 2.24) is 0 Å². The Labute approximate surface area is 101 Å². The highest BCUT2D eigenvalue weighted by Crippen LogP contribution is 2.23. The van der Waals surface area contributed by atoms with Crippen LogP contribution in [0.1, 0.15) is 10.9 Å². The van der Waals surface area contributed by atoms with Crippen LogP contribution in [0.4, 0.5) is 0 Å². The van der Waals surface area contributed by atoms with Crippen LogP contribution in [0.3, 0.4) is 0 Å². The summed E-state index contributed by atoms with van der Waals surface area (Å²) in [4.78, 5) is 0.247. The Hall–Kier alpha value is -1.65. The fraction of sp³-hybridized carbons (Fsp3) is 0.0769. The summed E-state index contributed by atoms with van der Waals surface area (Å²) >= 11 is 0. The smallest absolute Gasteiger partial charge is 0.198 e. The highest BCUT2D eigenvalue weighted by atomic mass is 32.2. The van der Waals surface area contributed by atoms with Crippen LogP contribution in [0.15, 0.2) is 65.6 Å². The monoisotopic (exact) mass is 247 g/mol. The quantitative estimate of drug-likeness (QED) is 0.903. The molecule has 2 rings (SSSR count). The lowest BCUT2D eigenvalue weighted by atomic mass is 10.2. The lowest BCUT2D eigenvalue weighted by Gasteiger charge is -2.13. The number of sulfone groups is 1. The second kappa shape index (κ2) is 4.69. The molecule has 0 fully saturated rings. The number of hydrogen-bond acceptors (Lipinski definition) is 3. The third-order valence-electron chi connectivity index (χ3n) is 2.53. The van der Waals surface area contributed by atoms with Crippen molar-refractivity contribution in [1.29, 1.82) is 0 Å². The molecule has 0 aromatic heterocycles. The lowest BCUT2D eigenvalue weighted by Crippen LogP contribution is -2.21. The van der Waals surface area contributed by atoms with Crippen LogP contribution in [-0.4, -0.2) is 8.42 Å². The highest BCUT2D eigenvalue weighted by molar-refractivity contribution is 7.91. The Morgan fingerprint density at radius 3 is 1.82 bits per heavy atom. The minimum Gasteiger partial charge on any atom is -0.311 e. The molecule has 4 heteroatoms. The summed E-state index contributed by atoms with van der Waals surface area (Å²) in [6, 6.07) is 17.0. The summed E-state index contributed by atoms with van der Waals surface area (Å²) in [5, 5.41) is -1.02. The van der Waals surface area contributed by atoms with Gasteiger partial charge in [-0.05, 0) is 17.7 Å². The van der Waals surface area contributed by atoms with Gasteiger partial charge in [0.25, 0.3) is 0 Å². The van der Waals surface area contributed by atoms with Gasteiger partial charge in [0, 0.05) is 0 Å². The Morgan fingerprint density at radius 2 is 1.29 bits per heavy atom. The molecule has 0 aliphatic heterocycles. The van der Waals surface area contributed by atoms with Gasteiger partial charge in [-0.25, -0.2) is 8.42 Å². The molecule has 3 nitrogen and oxygen atoms in total. The molecule has 2 aromatic rings. The maximum Gasteiger partial charge on any atom is 0.198 e. The lowest BCUT2D eigenvalue weighted by molar-refractivity contribution is 0.584. The Kier molecular flexibility index (Phi) is 3.26. The first kappa shape index (κ1) is 11.8. The largest absolute Gasteiger partial charge is 0.311 e. The molecule has 0 saturated heterocycles. The molecule has 0 spiro atoms. The summed E-state index contributed by atoms with van der Waals surface area (Å²) < 4.78 is 24.4. The molecule has 88 valence electrons. The van der Waals surface area contributed by atoms with Crippen LogP contribution in [0.25, 0.3) is 0 Å². The first-order valence-corrected chi connectivity index (χ1v) is 6.76. The third kappa shape index (κ3) is 2.38. The van der Waals surface area contributed by atoms with E-state index in [1.54, 1.807) is 54.6 Å². The van der Waals surface area contributed by atoms with Gasteiger partial charge in [-0.3, -0.25) is 0 Å². The van der Waals surface area contributed by atoms with Gasteiger partial charge in [0.1, 0.15) is 5.37 Å². The molecule has 0 amide bonds. The van der Waals surface area contributed by atoms with E-state index in [-0.39, 0.29) is 4.90 Å². The molecule has 0 bridgehead atoms. The standard InChI is InChI=1S/C13H13NO2S/c14-13(11-7-3-1-4-8-11)17(15,16)12-9-5-2-6-10-12/h1-10,13H,14H2. The summed E-state index contributed by atoms with van der Waals surface area (Å²) in [5.41, 5.74) is 6.41. The third-order valence-corrected chi connectivity index (χ3v) is 4.40. The first-order chi connectivity index (χ1) is 8.12. The molecule has 0 heterocycles. The summed E-state index contributed by atoms with van der Waals surface area (Å²) in [5.74, 6) is 0. The van der Waals surface area contributed by atoms with Crippen LogP contribution >= 0.6 is 0 Å². The topological polar surface area (TPSA) is 60.2 Å². The van der Waals surface area contributed by atoms with E-state index >= 15 is 0 Å². The van der Waals surface area contributed by atoms with Crippen LogP contribution < -0.4 is 5.73 Å². The van der Waals surface area contributed by atoms with Crippen molar-refractivity contribution in [3.05, 3.63) is 66.2 Å². The second-order valence-electron chi connectivity index (χ2n) is 3.69. The summed E-state index contributed by atoms with van der Waals surface area (Å²) in [6.45, 7) is 0. The van der Waals surface area contributed by atoms with Gasteiger partial charge < -0.3 is 5.73 Å². The number of nitrogens with two attached hydrogens (primary N) is 1. The fourth-order valence-electron chi connectivity index (χ4n) is 1.58. The highest BCUT2D eigenvalue weighted by Gasteiger charge is 2.24. The molecule has 17 heavy (non-hydrogen) atoms. The minimum absolute atomic E-state index is 0.247. The van der Waals surface area contributed by atoms with E-state index in [4.69, 9.17) is 5.73 Å². The molecule has 1 atom stereocenters. The number of rotatable bonds is 3. The van der Waals surface area contributed by atoms with Crippen molar-refractivity contribution in [3.8, 4) is 0 Å². The summed E-state index contributed by atoms with van der Waals surface area (Å²) in [7, 11) is -3.51. The SMILES string of the molecule is NC(c1ccccc1)S(=O)(=O)c1ccccc1. The molecule has 1 unspecified atom stereocenters. The van der Waals surface area contributed by atoms with Crippen LogP contribution in [-0.2, 0) is 9.84 Å². The molecule has 2 N–H and O–H groups in total. The summed E-state index contributed by atoms with van der Waals surface area (Å²) in [6.07, 6.45) is 0. The van der Waals surface area contributed by atoms with E-state index in [2.05, 4.69) is 0 Å². The van der Waals surface area contributed by atoms with Crippen LogP contribution in [0.5, 0.6) is 0 Å². The van der Waals surface area contributed by atoms with Gasteiger partial charge in [0.15, 0.2) is 9.84 Å². The maximum absolute atomic E-state index is 12.2. The molecule has 0 saturated carbocycles. The van der Waals surface area contributed by atoms with Crippen molar-refractivity contribution in [2.45, 2.75) is 10.3 Å². The van der Waals surface area contributed by atoms with Gasteiger partial charge in [-0.2, -0.15) is 0 Å². The van der Waals surface area contributed by atoms with Crippen molar-refractivity contribution in [2.75, 3.05) is 0 Å². The van der Waals surface area contributed by atoms with E-state index in [1.807, 2.05) is 6.07 Å². The van der Waals surface area contributed by atoms with E-state index in [0.717, 1.165) is 0 Å². The minimum atomic E-state index is -3.51. The molecular weight excluding hydrogens is 234 g/mol. The van der Waals surface area contributed by atoms with Gasteiger partial charge >= 0.3 is 0 Å². The molecule has 0 aliphatic carbocycles.